The van der Waals surface area contributed by atoms with E-state index in [-0.39, 0.29) is 17.3 Å². The molecule has 2 aromatic rings. The fourth-order valence-corrected chi connectivity index (χ4v) is 2.35. The molecule has 6 heteroatoms. The maximum Gasteiger partial charge on any atom is 0.387 e. The molecule has 0 aliphatic rings. The van der Waals surface area contributed by atoms with Gasteiger partial charge in [0, 0.05) is 5.56 Å². The van der Waals surface area contributed by atoms with Crippen LogP contribution in [0.15, 0.2) is 41.8 Å². The molecule has 0 spiro atoms. The highest BCUT2D eigenvalue weighted by Crippen LogP contribution is 2.33. The van der Waals surface area contributed by atoms with Crippen LogP contribution in [0.2, 0.25) is 0 Å². The summed E-state index contributed by atoms with van der Waals surface area (Å²) < 4.78 is 34.4. The first-order valence-electron chi connectivity index (χ1n) is 5.99. The third-order valence-corrected chi connectivity index (χ3v) is 3.50. The van der Waals surface area contributed by atoms with Crippen molar-refractivity contribution in [3.63, 3.8) is 0 Å². The van der Waals surface area contributed by atoms with Crippen molar-refractivity contribution in [3.05, 3.63) is 52.2 Å². The first kappa shape index (κ1) is 15.2. The molecule has 0 saturated carbocycles. The first-order chi connectivity index (χ1) is 10.1. The molecule has 0 amide bonds. The number of hydrogen-bond acceptors (Lipinski definition) is 4. The number of carbonyl (C=O) groups is 1. The van der Waals surface area contributed by atoms with E-state index in [1.165, 1.54) is 36.7 Å². The molecule has 0 atom stereocenters. The van der Waals surface area contributed by atoms with E-state index in [0.29, 0.717) is 10.4 Å². The minimum Gasteiger partial charge on any atom is -0.493 e. The molecule has 0 bridgehead atoms. The molecule has 0 aliphatic carbocycles. The van der Waals surface area contributed by atoms with Crippen LogP contribution in [-0.4, -0.2) is 19.5 Å². The third-order valence-electron chi connectivity index (χ3n) is 2.61. The fraction of sp³-hybridized carbons (Fsp3) is 0.133. The summed E-state index contributed by atoms with van der Waals surface area (Å²) in [5.74, 6) is -0.109. The highest BCUT2D eigenvalue weighted by atomic mass is 32.1. The summed E-state index contributed by atoms with van der Waals surface area (Å²) in [4.78, 5) is 12.4. The quantitative estimate of drug-likeness (QED) is 0.591. The van der Waals surface area contributed by atoms with Crippen molar-refractivity contribution in [3.8, 4) is 11.5 Å². The summed E-state index contributed by atoms with van der Waals surface area (Å²) in [7, 11) is 1.36. The zero-order valence-electron chi connectivity index (χ0n) is 11.1. The Morgan fingerprint density at radius 1 is 1.29 bits per heavy atom. The lowest BCUT2D eigenvalue weighted by atomic mass is 10.1. The molecule has 0 unspecified atom stereocenters. The number of ether oxygens (including phenoxy) is 2. The number of methoxy groups -OCH3 is 1. The van der Waals surface area contributed by atoms with Gasteiger partial charge in [0.25, 0.3) is 0 Å². The van der Waals surface area contributed by atoms with E-state index in [4.69, 9.17) is 4.74 Å². The van der Waals surface area contributed by atoms with Crippen LogP contribution in [0, 0.1) is 0 Å². The standard InChI is InChI=1S/C15H12F2O3S/c1-19-12-5-2-4-10(14(12)20-15(16)17)7-8-11(18)13-6-3-9-21-13/h2-9,15H,1H3/b8-7-. The van der Waals surface area contributed by atoms with E-state index in [1.54, 1.807) is 29.6 Å². The van der Waals surface area contributed by atoms with Gasteiger partial charge < -0.3 is 9.47 Å². The molecule has 1 heterocycles. The molecule has 1 aromatic carbocycles. The normalized spacial score (nSPS) is 11.0. The van der Waals surface area contributed by atoms with Crippen molar-refractivity contribution in [1.82, 2.24) is 0 Å². The second-order valence-electron chi connectivity index (χ2n) is 3.93. The monoisotopic (exact) mass is 310 g/mol. The van der Waals surface area contributed by atoms with Gasteiger partial charge >= 0.3 is 6.61 Å². The molecule has 110 valence electrons. The number of allylic oxidation sites excluding steroid dienone is 1. The van der Waals surface area contributed by atoms with Crippen molar-refractivity contribution in [2.24, 2.45) is 0 Å². The van der Waals surface area contributed by atoms with Gasteiger partial charge in [0.2, 0.25) is 0 Å². The first-order valence-corrected chi connectivity index (χ1v) is 6.87. The van der Waals surface area contributed by atoms with Crippen molar-refractivity contribution >= 4 is 23.2 Å². The molecular weight excluding hydrogens is 298 g/mol. The predicted molar refractivity (Wildman–Crippen MR) is 77.3 cm³/mol. The zero-order valence-corrected chi connectivity index (χ0v) is 11.9. The Bertz CT molecular complexity index is 636. The van der Waals surface area contributed by atoms with Crippen LogP contribution < -0.4 is 9.47 Å². The zero-order chi connectivity index (χ0) is 15.2. The smallest absolute Gasteiger partial charge is 0.387 e. The van der Waals surface area contributed by atoms with Gasteiger partial charge in [-0.3, -0.25) is 4.79 Å². The van der Waals surface area contributed by atoms with E-state index in [2.05, 4.69) is 4.74 Å². The van der Waals surface area contributed by atoms with Crippen LogP contribution in [-0.2, 0) is 0 Å². The Morgan fingerprint density at radius 3 is 2.71 bits per heavy atom. The summed E-state index contributed by atoms with van der Waals surface area (Å²) in [5, 5.41) is 1.79. The van der Waals surface area contributed by atoms with Crippen LogP contribution in [0.3, 0.4) is 0 Å². The number of carbonyl (C=O) groups excluding carboxylic acids is 1. The lowest BCUT2D eigenvalue weighted by Crippen LogP contribution is -2.05. The lowest BCUT2D eigenvalue weighted by molar-refractivity contribution is -0.0513. The van der Waals surface area contributed by atoms with Gasteiger partial charge in [-0.15, -0.1) is 11.3 Å². The molecule has 21 heavy (non-hydrogen) atoms. The van der Waals surface area contributed by atoms with Crippen LogP contribution in [0.4, 0.5) is 8.78 Å². The number of rotatable bonds is 6. The Balaban J connectivity index is 2.28. The topological polar surface area (TPSA) is 35.5 Å². The van der Waals surface area contributed by atoms with E-state index in [9.17, 15) is 13.6 Å². The largest absolute Gasteiger partial charge is 0.493 e. The SMILES string of the molecule is COc1cccc(/C=C\C(=O)c2cccs2)c1OC(F)F. The highest BCUT2D eigenvalue weighted by Gasteiger charge is 2.14. The van der Waals surface area contributed by atoms with Crippen LogP contribution in [0.5, 0.6) is 11.5 Å². The van der Waals surface area contributed by atoms with E-state index < -0.39 is 6.61 Å². The number of ketones is 1. The van der Waals surface area contributed by atoms with Gasteiger partial charge in [0.05, 0.1) is 12.0 Å². The second kappa shape index (κ2) is 6.99. The summed E-state index contributed by atoms with van der Waals surface area (Å²) in [6.45, 7) is -2.97. The number of para-hydroxylation sites is 1. The molecule has 3 nitrogen and oxygen atoms in total. The second-order valence-corrected chi connectivity index (χ2v) is 4.88. The van der Waals surface area contributed by atoms with Gasteiger partial charge in [0.15, 0.2) is 17.3 Å². The molecule has 0 N–H and O–H groups in total. The highest BCUT2D eigenvalue weighted by molar-refractivity contribution is 7.12. The summed E-state index contributed by atoms with van der Waals surface area (Å²) >= 11 is 1.31. The van der Waals surface area contributed by atoms with Gasteiger partial charge in [-0.05, 0) is 29.7 Å². The maximum absolute atomic E-state index is 12.5. The summed E-state index contributed by atoms with van der Waals surface area (Å²) in [5.41, 5.74) is 0.347. The number of alkyl halides is 2. The van der Waals surface area contributed by atoms with Crippen LogP contribution >= 0.6 is 11.3 Å². The summed E-state index contributed by atoms with van der Waals surface area (Å²) in [6.07, 6.45) is 2.75. The van der Waals surface area contributed by atoms with Gasteiger partial charge in [-0.1, -0.05) is 18.2 Å². The van der Waals surface area contributed by atoms with E-state index in [0.717, 1.165) is 0 Å². The molecule has 0 aliphatic heterocycles. The number of benzene rings is 1. The van der Waals surface area contributed by atoms with Crippen molar-refractivity contribution < 1.29 is 23.0 Å². The molecule has 1 aromatic heterocycles. The van der Waals surface area contributed by atoms with Gasteiger partial charge in [0.1, 0.15) is 0 Å². The van der Waals surface area contributed by atoms with Crippen LogP contribution in [0.1, 0.15) is 15.2 Å². The minimum absolute atomic E-state index is 0.0924. The number of hydrogen-bond donors (Lipinski definition) is 0. The Morgan fingerprint density at radius 2 is 2.10 bits per heavy atom. The third kappa shape index (κ3) is 3.88. The van der Waals surface area contributed by atoms with Crippen molar-refractivity contribution in [2.75, 3.05) is 7.11 Å². The average molecular weight is 310 g/mol. The van der Waals surface area contributed by atoms with Gasteiger partial charge in [-0.25, -0.2) is 0 Å². The van der Waals surface area contributed by atoms with E-state index in [1.807, 2.05) is 0 Å². The molecule has 0 fully saturated rings. The molecule has 0 radical (unpaired) electrons. The Kier molecular flexibility index (Phi) is 5.05. The predicted octanol–water partition coefficient (Wildman–Crippen LogP) is 4.25. The average Bonchev–Trinajstić information content (AvgIpc) is 2.99. The Hall–Kier alpha value is -2.21. The maximum atomic E-state index is 12.5. The summed E-state index contributed by atoms with van der Waals surface area (Å²) in [6, 6.07) is 8.17. The van der Waals surface area contributed by atoms with Crippen molar-refractivity contribution in [1.29, 1.82) is 0 Å². The van der Waals surface area contributed by atoms with Crippen LogP contribution in [0.25, 0.3) is 6.08 Å². The molecular formula is C15H12F2O3S. The van der Waals surface area contributed by atoms with Gasteiger partial charge in [-0.2, -0.15) is 8.78 Å². The number of thiophene rings is 1. The fourth-order valence-electron chi connectivity index (χ4n) is 1.71. The Labute approximate surface area is 124 Å². The van der Waals surface area contributed by atoms with Crippen molar-refractivity contribution in [2.45, 2.75) is 6.61 Å². The van der Waals surface area contributed by atoms with E-state index >= 15 is 0 Å². The molecule has 0 saturated heterocycles. The lowest BCUT2D eigenvalue weighted by Gasteiger charge is -2.12. The minimum atomic E-state index is -2.97. The molecule has 2 rings (SSSR count). The number of halogens is 2.